The number of amides is 1. The number of aromatic nitrogens is 3. The highest BCUT2D eigenvalue weighted by atomic mass is 16.3. The van der Waals surface area contributed by atoms with Crippen LogP contribution < -0.4 is 16.1 Å². The van der Waals surface area contributed by atoms with Crippen molar-refractivity contribution < 1.29 is 9.90 Å². The van der Waals surface area contributed by atoms with E-state index in [2.05, 4.69) is 15.7 Å². The van der Waals surface area contributed by atoms with Crippen LogP contribution >= 0.6 is 0 Å². The lowest BCUT2D eigenvalue weighted by atomic mass is 9.99. The number of aromatic hydroxyl groups is 1. The van der Waals surface area contributed by atoms with Gasteiger partial charge >= 0.3 is 0 Å². The first-order valence-electron chi connectivity index (χ1n) is 12.4. The summed E-state index contributed by atoms with van der Waals surface area (Å²) in [5.74, 6) is 0.923. The Balaban J connectivity index is 1.19. The second-order valence-corrected chi connectivity index (χ2v) is 8.91. The fourth-order valence-corrected chi connectivity index (χ4v) is 4.34. The molecule has 0 unspecified atom stereocenters. The van der Waals surface area contributed by atoms with E-state index in [1.807, 2.05) is 80.6 Å². The SMILES string of the molecule is Bc1cnn2c(NCCCCNC(=O)c3ccccc3-c3ccccc3)cc(-c3ccccc3O)nc12. The Bertz CT molecular complexity index is 1530. The summed E-state index contributed by atoms with van der Waals surface area (Å²) in [7, 11) is 1.96. The van der Waals surface area contributed by atoms with Gasteiger partial charge in [-0.25, -0.2) is 4.98 Å². The third kappa shape index (κ3) is 5.33. The number of phenolic OH excluding ortho intramolecular Hbond substituents is 1. The molecule has 0 bridgehead atoms. The zero-order chi connectivity index (χ0) is 25.6. The quantitative estimate of drug-likeness (QED) is 0.217. The van der Waals surface area contributed by atoms with Crippen LogP contribution in [0.5, 0.6) is 5.75 Å². The number of fused-ring (bicyclic) bond motifs is 1. The molecule has 3 N–H and O–H groups in total. The number of nitrogens with zero attached hydrogens (tertiary/aromatic N) is 3. The van der Waals surface area contributed by atoms with Crippen LogP contribution in [0.3, 0.4) is 0 Å². The molecule has 8 heteroatoms. The Labute approximate surface area is 216 Å². The second kappa shape index (κ2) is 11.0. The molecule has 2 aromatic heterocycles. The van der Waals surface area contributed by atoms with Crippen molar-refractivity contribution in [2.45, 2.75) is 12.8 Å². The fourth-order valence-electron chi connectivity index (χ4n) is 4.34. The Morgan fingerprint density at radius 3 is 2.41 bits per heavy atom. The van der Waals surface area contributed by atoms with E-state index < -0.39 is 0 Å². The van der Waals surface area contributed by atoms with Crippen molar-refractivity contribution in [3.63, 3.8) is 0 Å². The molecule has 5 rings (SSSR count). The predicted molar refractivity (Wildman–Crippen MR) is 150 cm³/mol. The van der Waals surface area contributed by atoms with Gasteiger partial charge in [-0.15, -0.1) is 0 Å². The molecule has 0 saturated carbocycles. The van der Waals surface area contributed by atoms with Crippen LogP contribution in [0.15, 0.2) is 91.1 Å². The minimum atomic E-state index is -0.0671. The van der Waals surface area contributed by atoms with Gasteiger partial charge in [0.1, 0.15) is 19.4 Å². The van der Waals surface area contributed by atoms with E-state index in [0.717, 1.165) is 40.9 Å². The van der Waals surface area contributed by atoms with Gasteiger partial charge in [-0.3, -0.25) is 4.79 Å². The van der Waals surface area contributed by atoms with Crippen molar-refractivity contribution >= 4 is 30.7 Å². The van der Waals surface area contributed by atoms with Crippen LogP contribution in [-0.2, 0) is 0 Å². The minimum Gasteiger partial charge on any atom is -0.507 e. The topological polar surface area (TPSA) is 91.5 Å². The number of nitrogens with one attached hydrogen (secondary N) is 2. The van der Waals surface area contributed by atoms with E-state index >= 15 is 0 Å². The van der Waals surface area contributed by atoms with Crippen molar-refractivity contribution in [2.24, 2.45) is 0 Å². The van der Waals surface area contributed by atoms with Crippen LogP contribution in [-0.4, -0.2) is 46.5 Å². The molecule has 0 radical (unpaired) electrons. The number of hydrogen-bond acceptors (Lipinski definition) is 5. The highest BCUT2D eigenvalue weighted by molar-refractivity contribution is 6.36. The minimum absolute atomic E-state index is 0.0671. The van der Waals surface area contributed by atoms with Gasteiger partial charge in [-0.2, -0.15) is 9.61 Å². The van der Waals surface area contributed by atoms with E-state index in [9.17, 15) is 9.90 Å². The van der Waals surface area contributed by atoms with Crippen LogP contribution in [0.1, 0.15) is 23.2 Å². The zero-order valence-electron chi connectivity index (χ0n) is 20.7. The highest BCUT2D eigenvalue weighted by Gasteiger charge is 2.13. The summed E-state index contributed by atoms with van der Waals surface area (Å²) >= 11 is 0. The number of carbonyl (C=O) groups is 1. The number of unbranched alkanes of at least 4 members (excludes halogenated alkanes) is 1. The lowest BCUT2D eigenvalue weighted by Crippen LogP contribution is -2.25. The number of rotatable bonds is 9. The van der Waals surface area contributed by atoms with Crippen molar-refractivity contribution in [1.29, 1.82) is 0 Å². The number of hydrogen-bond donors (Lipinski definition) is 3. The van der Waals surface area contributed by atoms with Crippen molar-refractivity contribution in [3.05, 3.63) is 96.7 Å². The van der Waals surface area contributed by atoms with Gasteiger partial charge in [0.2, 0.25) is 0 Å². The van der Waals surface area contributed by atoms with Crippen LogP contribution in [0.2, 0.25) is 0 Å². The summed E-state index contributed by atoms with van der Waals surface area (Å²) in [6.07, 6.45) is 3.46. The van der Waals surface area contributed by atoms with Gasteiger partial charge in [0.25, 0.3) is 5.91 Å². The maximum Gasteiger partial charge on any atom is 0.251 e. The first-order chi connectivity index (χ1) is 18.1. The molecule has 3 aromatic carbocycles. The second-order valence-electron chi connectivity index (χ2n) is 8.91. The first kappa shape index (κ1) is 24.1. The average Bonchev–Trinajstić information content (AvgIpc) is 3.31. The van der Waals surface area contributed by atoms with Crippen LogP contribution in [0.4, 0.5) is 5.82 Å². The maximum atomic E-state index is 12.9. The van der Waals surface area contributed by atoms with E-state index in [-0.39, 0.29) is 11.7 Å². The third-order valence-electron chi connectivity index (χ3n) is 6.28. The van der Waals surface area contributed by atoms with E-state index in [4.69, 9.17) is 4.98 Å². The molecule has 0 atom stereocenters. The summed E-state index contributed by atoms with van der Waals surface area (Å²) in [5, 5.41) is 21.3. The molecular weight excluding hydrogens is 461 g/mol. The summed E-state index contributed by atoms with van der Waals surface area (Å²) < 4.78 is 1.78. The molecule has 0 fully saturated rings. The number of carbonyl (C=O) groups excluding carboxylic acids is 1. The molecule has 7 nitrogen and oxygen atoms in total. The molecule has 184 valence electrons. The Kier molecular flexibility index (Phi) is 7.17. The molecule has 5 aromatic rings. The Morgan fingerprint density at radius 2 is 1.59 bits per heavy atom. The van der Waals surface area contributed by atoms with Crippen molar-refractivity contribution in [3.8, 4) is 28.1 Å². The molecular formula is C29H28BN5O2. The molecule has 0 aliphatic heterocycles. The Hall–Kier alpha value is -4.59. The van der Waals surface area contributed by atoms with Crippen molar-refractivity contribution in [2.75, 3.05) is 18.4 Å². The van der Waals surface area contributed by atoms with Gasteiger partial charge in [0, 0.05) is 36.5 Å². The third-order valence-corrected chi connectivity index (χ3v) is 6.28. The first-order valence-corrected chi connectivity index (χ1v) is 12.4. The molecule has 37 heavy (non-hydrogen) atoms. The Morgan fingerprint density at radius 1 is 0.892 bits per heavy atom. The number of para-hydroxylation sites is 1. The molecule has 0 aliphatic carbocycles. The van der Waals surface area contributed by atoms with E-state index in [1.54, 1.807) is 22.8 Å². The molecule has 0 spiro atoms. The largest absolute Gasteiger partial charge is 0.507 e. The van der Waals surface area contributed by atoms with E-state index in [0.29, 0.717) is 29.9 Å². The van der Waals surface area contributed by atoms with Gasteiger partial charge in [0.15, 0.2) is 5.65 Å². The lowest BCUT2D eigenvalue weighted by Gasteiger charge is -2.12. The normalized spacial score (nSPS) is 10.9. The highest BCUT2D eigenvalue weighted by Crippen LogP contribution is 2.29. The van der Waals surface area contributed by atoms with Crippen LogP contribution in [0.25, 0.3) is 28.0 Å². The van der Waals surface area contributed by atoms with E-state index in [1.165, 1.54) is 0 Å². The predicted octanol–water partition coefficient (Wildman–Crippen LogP) is 3.65. The van der Waals surface area contributed by atoms with Crippen LogP contribution in [0, 0.1) is 0 Å². The fraction of sp³-hybridized carbons (Fsp3) is 0.138. The number of phenols is 1. The summed E-state index contributed by atoms with van der Waals surface area (Å²) in [6, 6.07) is 26.7. The van der Waals surface area contributed by atoms with Gasteiger partial charge in [0.05, 0.1) is 5.69 Å². The van der Waals surface area contributed by atoms with Gasteiger partial charge in [-0.05, 0) is 47.6 Å². The molecule has 0 aliphatic rings. The average molecular weight is 489 g/mol. The molecule has 0 saturated heterocycles. The number of benzene rings is 3. The summed E-state index contributed by atoms with van der Waals surface area (Å²) in [5.41, 5.74) is 5.69. The molecule has 1 amide bonds. The van der Waals surface area contributed by atoms with Crippen molar-refractivity contribution in [1.82, 2.24) is 19.9 Å². The summed E-state index contributed by atoms with van der Waals surface area (Å²) in [4.78, 5) is 17.6. The zero-order valence-corrected chi connectivity index (χ0v) is 20.7. The summed E-state index contributed by atoms with van der Waals surface area (Å²) in [6.45, 7) is 1.29. The monoisotopic (exact) mass is 489 g/mol. The smallest absolute Gasteiger partial charge is 0.251 e. The maximum absolute atomic E-state index is 12.9. The number of anilines is 1. The molecule has 2 heterocycles. The van der Waals surface area contributed by atoms with Gasteiger partial charge < -0.3 is 15.7 Å². The lowest BCUT2D eigenvalue weighted by molar-refractivity contribution is 0.0953. The van der Waals surface area contributed by atoms with Gasteiger partial charge in [-0.1, -0.05) is 60.7 Å². The standard InChI is InChI=1S/C29H28BN5O2/c30-24-19-33-35-27(18-25(34-28(24)35)23-14-6-7-15-26(23)36)31-16-8-9-17-32-29(37)22-13-5-4-12-21(22)20-10-2-1-3-11-20/h1-7,10-15,18-19,31,36H,8-9,16-17,30H2,(H,32,37).